The third-order valence-electron chi connectivity index (χ3n) is 4.63. The number of aliphatic hydroxyl groups is 1. The van der Waals surface area contributed by atoms with Crippen LogP contribution in [0.4, 0.5) is 0 Å². The molecule has 1 aliphatic rings. The summed E-state index contributed by atoms with van der Waals surface area (Å²) in [5.74, 6) is 0. The summed E-state index contributed by atoms with van der Waals surface area (Å²) in [5, 5.41) is 14.7. The Hall–Kier alpha value is -1.76. The molecule has 1 N–H and O–H groups in total. The van der Waals surface area contributed by atoms with Gasteiger partial charge < -0.3 is 5.11 Å². The molecule has 1 fully saturated rings. The molecule has 0 amide bonds. The number of rotatable bonds is 8. The SMILES string of the molecule is CN(Cc1ccccc1)CC(O)CN1CCCC1Cn1cncn1. The van der Waals surface area contributed by atoms with Crippen molar-refractivity contribution < 1.29 is 5.11 Å². The van der Waals surface area contributed by atoms with Crippen LogP contribution in [0.2, 0.25) is 0 Å². The molecule has 0 spiro atoms. The van der Waals surface area contributed by atoms with Gasteiger partial charge in [0.15, 0.2) is 0 Å². The van der Waals surface area contributed by atoms with E-state index in [4.69, 9.17) is 0 Å². The molecule has 1 saturated heterocycles. The van der Waals surface area contributed by atoms with Crippen LogP contribution in [0.15, 0.2) is 43.0 Å². The van der Waals surface area contributed by atoms with Gasteiger partial charge in [-0.15, -0.1) is 0 Å². The second-order valence-corrected chi connectivity index (χ2v) is 6.74. The lowest BCUT2D eigenvalue weighted by Crippen LogP contribution is -2.42. The lowest BCUT2D eigenvalue weighted by molar-refractivity contribution is 0.0716. The van der Waals surface area contributed by atoms with E-state index in [1.165, 1.54) is 12.0 Å². The third-order valence-corrected chi connectivity index (χ3v) is 4.63. The molecule has 24 heavy (non-hydrogen) atoms. The Morgan fingerprint density at radius 1 is 1.33 bits per heavy atom. The Balaban J connectivity index is 1.45. The van der Waals surface area contributed by atoms with Gasteiger partial charge in [0.05, 0.1) is 12.6 Å². The zero-order valence-electron chi connectivity index (χ0n) is 14.3. The molecule has 0 aliphatic carbocycles. The summed E-state index contributed by atoms with van der Waals surface area (Å²) >= 11 is 0. The third kappa shape index (κ3) is 4.87. The van der Waals surface area contributed by atoms with Crippen molar-refractivity contribution >= 4 is 0 Å². The van der Waals surface area contributed by atoms with E-state index in [0.717, 1.165) is 32.6 Å². The van der Waals surface area contributed by atoms with E-state index in [0.29, 0.717) is 12.6 Å². The van der Waals surface area contributed by atoms with Gasteiger partial charge >= 0.3 is 0 Å². The van der Waals surface area contributed by atoms with Gasteiger partial charge in [0.2, 0.25) is 0 Å². The van der Waals surface area contributed by atoms with Crippen molar-refractivity contribution in [2.45, 2.75) is 38.1 Å². The molecule has 6 nitrogen and oxygen atoms in total. The van der Waals surface area contributed by atoms with E-state index in [1.807, 2.05) is 10.7 Å². The van der Waals surface area contributed by atoms with E-state index < -0.39 is 0 Å². The molecule has 130 valence electrons. The predicted molar refractivity (Wildman–Crippen MR) is 93.4 cm³/mol. The van der Waals surface area contributed by atoms with Gasteiger partial charge in [-0.25, -0.2) is 4.98 Å². The van der Waals surface area contributed by atoms with Crippen molar-refractivity contribution in [3.05, 3.63) is 48.5 Å². The molecule has 2 aromatic rings. The van der Waals surface area contributed by atoms with Crippen molar-refractivity contribution in [2.75, 3.05) is 26.7 Å². The molecule has 0 saturated carbocycles. The van der Waals surface area contributed by atoms with Crippen molar-refractivity contribution in [3.63, 3.8) is 0 Å². The monoisotopic (exact) mass is 329 g/mol. The number of aromatic nitrogens is 3. The molecule has 6 heteroatoms. The number of benzene rings is 1. The smallest absolute Gasteiger partial charge is 0.137 e. The summed E-state index contributed by atoms with van der Waals surface area (Å²) in [7, 11) is 2.06. The molecular formula is C18H27N5O. The molecule has 0 bridgehead atoms. The summed E-state index contributed by atoms with van der Waals surface area (Å²) in [6.07, 6.45) is 5.35. The Morgan fingerprint density at radius 2 is 2.17 bits per heavy atom. The molecule has 1 aromatic heterocycles. The van der Waals surface area contributed by atoms with Crippen LogP contribution in [0.1, 0.15) is 18.4 Å². The molecule has 0 radical (unpaired) electrons. The molecule has 2 heterocycles. The van der Waals surface area contributed by atoms with Crippen LogP contribution >= 0.6 is 0 Å². The van der Waals surface area contributed by atoms with Crippen molar-refractivity contribution in [1.82, 2.24) is 24.6 Å². The number of aliphatic hydroxyl groups excluding tert-OH is 1. The van der Waals surface area contributed by atoms with Crippen LogP contribution < -0.4 is 0 Å². The van der Waals surface area contributed by atoms with E-state index >= 15 is 0 Å². The van der Waals surface area contributed by atoms with E-state index in [1.54, 1.807) is 12.7 Å². The lowest BCUT2D eigenvalue weighted by Gasteiger charge is -2.28. The Bertz CT molecular complexity index is 589. The maximum atomic E-state index is 10.5. The minimum atomic E-state index is -0.338. The summed E-state index contributed by atoms with van der Waals surface area (Å²) in [5.41, 5.74) is 1.28. The number of likely N-dealkylation sites (N-methyl/N-ethyl adjacent to an activating group) is 1. The second-order valence-electron chi connectivity index (χ2n) is 6.74. The number of likely N-dealkylation sites (tertiary alicyclic amines) is 1. The molecular weight excluding hydrogens is 302 g/mol. The first kappa shape index (κ1) is 17.1. The first-order valence-corrected chi connectivity index (χ1v) is 8.67. The highest BCUT2D eigenvalue weighted by atomic mass is 16.3. The fourth-order valence-corrected chi connectivity index (χ4v) is 3.53. The molecule has 2 atom stereocenters. The highest BCUT2D eigenvalue weighted by molar-refractivity contribution is 5.14. The van der Waals surface area contributed by atoms with E-state index in [-0.39, 0.29) is 6.10 Å². The van der Waals surface area contributed by atoms with Crippen molar-refractivity contribution in [2.24, 2.45) is 0 Å². The summed E-state index contributed by atoms with van der Waals surface area (Å²) in [4.78, 5) is 8.58. The zero-order valence-corrected chi connectivity index (χ0v) is 14.3. The maximum Gasteiger partial charge on any atom is 0.137 e. The average molecular weight is 329 g/mol. The van der Waals surface area contributed by atoms with Crippen LogP contribution in [-0.4, -0.2) is 68.5 Å². The van der Waals surface area contributed by atoms with Crippen LogP contribution in [0, 0.1) is 0 Å². The van der Waals surface area contributed by atoms with Gasteiger partial charge in [-0.2, -0.15) is 5.10 Å². The Morgan fingerprint density at radius 3 is 2.92 bits per heavy atom. The van der Waals surface area contributed by atoms with Gasteiger partial charge in [0.1, 0.15) is 12.7 Å². The fourth-order valence-electron chi connectivity index (χ4n) is 3.53. The Kier molecular flexibility index (Phi) is 5.96. The highest BCUT2D eigenvalue weighted by Gasteiger charge is 2.27. The number of β-amino-alcohol motifs (C(OH)–C–C–N with tert-alkyl or cyclic N) is 1. The minimum Gasteiger partial charge on any atom is -0.390 e. The Labute approximate surface area is 143 Å². The number of nitrogens with zero attached hydrogens (tertiary/aromatic N) is 5. The quantitative estimate of drug-likeness (QED) is 0.789. The topological polar surface area (TPSA) is 57.4 Å². The molecule has 3 rings (SSSR count). The molecule has 1 aromatic carbocycles. The molecule has 1 aliphatic heterocycles. The summed E-state index contributed by atoms with van der Waals surface area (Å²) < 4.78 is 1.89. The van der Waals surface area contributed by atoms with Crippen molar-refractivity contribution in [3.8, 4) is 0 Å². The van der Waals surface area contributed by atoms with Gasteiger partial charge in [-0.05, 0) is 32.0 Å². The first-order valence-electron chi connectivity index (χ1n) is 8.67. The van der Waals surface area contributed by atoms with Gasteiger partial charge in [-0.3, -0.25) is 14.5 Å². The average Bonchev–Trinajstić information content (AvgIpc) is 3.21. The van der Waals surface area contributed by atoms with E-state index in [2.05, 4.69) is 51.2 Å². The predicted octanol–water partition coefficient (Wildman–Crippen LogP) is 1.24. The van der Waals surface area contributed by atoms with Crippen LogP contribution in [-0.2, 0) is 13.1 Å². The van der Waals surface area contributed by atoms with Crippen molar-refractivity contribution in [1.29, 1.82) is 0 Å². The molecule has 2 unspecified atom stereocenters. The standard InChI is InChI=1S/C18H27N5O/c1-21(10-16-6-3-2-4-7-16)12-18(24)13-22-9-5-8-17(22)11-23-15-19-14-20-23/h2-4,6-7,14-15,17-18,24H,5,8-13H2,1H3. The number of hydrogen-bond donors (Lipinski definition) is 1. The minimum absolute atomic E-state index is 0.338. The maximum absolute atomic E-state index is 10.5. The lowest BCUT2D eigenvalue weighted by atomic mass is 10.2. The van der Waals surface area contributed by atoms with E-state index in [9.17, 15) is 5.11 Å². The van der Waals surface area contributed by atoms with Gasteiger partial charge in [0.25, 0.3) is 0 Å². The van der Waals surface area contributed by atoms with Crippen LogP contribution in [0.3, 0.4) is 0 Å². The number of hydrogen-bond acceptors (Lipinski definition) is 5. The zero-order chi connectivity index (χ0) is 16.8. The van der Waals surface area contributed by atoms with Gasteiger partial charge in [-0.1, -0.05) is 30.3 Å². The van der Waals surface area contributed by atoms with Crippen LogP contribution in [0.5, 0.6) is 0 Å². The highest BCUT2D eigenvalue weighted by Crippen LogP contribution is 2.19. The fraction of sp³-hybridized carbons (Fsp3) is 0.556. The van der Waals surface area contributed by atoms with Crippen LogP contribution in [0.25, 0.3) is 0 Å². The summed E-state index contributed by atoms with van der Waals surface area (Å²) in [6, 6.07) is 10.8. The second kappa shape index (κ2) is 8.37. The first-order chi connectivity index (χ1) is 11.7. The van der Waals surface area contributed by atoms with Gasteiger partial charge in [0, 0.05) is 25.7 Å². The normalized spacial score (nSPS) is 19.9. The summed E-state index contributed by atoms with van der Waals surface area (Å²) in [6.45, 7) is 4.17. The largest absolute Gasteiger partial charge is 0.390 e.